The van der Waals surface area contributed by atoms with Crippen LogP contribution in [0.4, 0.5) is 11.6 Å². The molecule has 2 aliphatic rings. The fraction of sp³-hybridized carbons (Fsp3) is 0.440. The minimum absolute atomic E-state index is 0.109. The first-order chi connectivity index (χ1) is 15.5. The number of hydrogen-bond donors (Lipinski definition) is 1. The second kappa shape index (κ2) is 8.66. The Morgan fingerprint density at radius 1 is 0.969 bits per heavy atom. The van der Waals surface area contributed by atoms with E-state index in [1.54, 1.807) is 0 Å². The van der Waals surface area contributed by atoms with E-state index in [1.807, 2.05) is 18.2 Å². The number of piperidine rings is 1. The molecule has 0 aliphatic carbocycles. The third-order valence-corrected chi connectivity index (χ3v) is 7.11. The number of anilines is 2. The van der Waals surface area contributed by atoms with E-state index in [9.17, 15) is 4.79 Å². The Morgan fingerprint density at radius 2 is 1.72 bits per heavy atom. The van der Waals surface area contributed by atoms with Gasteiger partial charge < -0.3 is 19.7 Å². The van der Waals surface area contributed by atoms with Gasteiger partial charge in [0, 0.05) is 55.9 Å². The summed E-state index contributed by atoms with van der Waals surface area (Å²) in [5.74, 6) is 1.30. The summed E-state index contributed by atoms with van der Waals surface area (Å²) in [6, 6.07) is 12.3. The van der Waals surface area contributed by atoms with Crippen molar-refractivity contribution in [2.24, 2.45) is 5.92 Å². The quantitative estimate of drug-likeness (QED) is 0.641. The molecule has 5 rings (SSSR count). The highest BCUT2D eigenvalue weighted by molar-refractivity contribution is 6.31. The van der Waals surface area contributed by atoms with Crippen LogP contribution in [0.15, 0.2) is 36.4 Å². The fourth-order valence-corrected chi connectivity index (χ4v) is 5.11. The summed E-state index contributed by atoms with van der Waals surface area (Å²) in [5, 5.41) is 0.703. The molecule has 0 saturated carbocycles. The molecule has 3 aromatic rings. The van der Waals surface area contributed by atoms with Gasteiger partial charge in [-0.3, -0.25) is 4.79 Å². The number of rotatable bonds is 3. The molecule has 0 spiro atoms. The standard InChI is InChI=1S/C25H30ClN5O/c1-17-3-4-18(2)23(15-17)29-11-13-30(14-12-29)24(32)19-7-9-31(10-8-19)25-27-21-6-5-20(26)16-22(21)28-25/h3-6,15-16,19H,7-14H2,1-2H3,(H,27,28). The van der Waals surface area contributed by atoms with E-state index in [4.69, 9.17) is 16.6 Å². The highest BCUT2D eigenvalue weighted by Crippen LogP contribution is 2.27. The lowest BCUT2D eigenvalue weighted by Crippen LogP contribution is -2.52. The zero-order valence-electron chi connectivity index (χ0n) is 18.8. The summed E-state index contributed by atoms with van der Waals surface area (Å²) in [7, 11) is 0. The van der Waals surface area contributed by atoms with E-state index < -0.39 is 0 Å². The molecule has 6 nitrogen and oxygen atoms in total. The molecular formula is C25H30ClN5O. The summed E-state index contributed by atoms with van der Waals surface area (Å²) in [4.78, 5) is 28.0. The molecule has 7 heteroatoms. The smallest absolute Gasteiger partial charge is 0.225 e. The lowest BCUT2D eigenvalue weighted by atomic mass is 9.95. The van der Waals surface area contributed by atoms with Crippen LogP contribution >= 0.6 is 11.6 Å². The number of H-pyrrole nitrogens is 1. The number of imidazole rings is 1. The number of aryl methyl sites for hydroxylation is 2. The lowest BCUT2D eigenvalue weighted by molar-refractivity contribution is -0.136. The summed E-state index contributed by atoms with van der Waals surface area (Å²) in [5.41, 5.74) is 5.76. The van der Waals surface area contributed by atoms with Crippen LogP contribution in [0.1, 0.15) is 24.0 Å². The fourth-order valence-electron chi connectivity index (χ4n) is 4.94. The first-order valence-corrected chi connectivity index (χ1v) is 11.9. The van der Waals surface area contributed by atoms with Crippen molar-refractivity contribution in [2.45, 2.75) is 26.7 Å². The number of aromatic nitrogens is 2. The van der Waals surface area contributed by atoms with E-state index in [-0.39, 0.29) is 5.92 Å². The molecule has 0 atom stereocenters. The predicted octanol–water partition coefficient (Wildman–Crippen LogP) is 4.40. The molecular weight excluding hydrogens is 422 g/mol. The second-order valence-electron chi connectivity index (χ2n) is 9.09. The number of fused-ring (bicyclic) bond motifs is 1. The third kappa shape index (κ3) is 4.16. The van der Waals surface area contributed by atoms with Crippen LogP contribution in [-0.2, 0) is 4.79 Å². The molecule has 2 saturated heterocycles. The number of carbonyl (C=O) groups excluding carboxylic acids is 1. The Labute approximate surface area is 194 Å². The second-order valence-corrected chi connectivity index (χ2v) is 9.52. The van der Waals surface area contributed by atoms with Gasteiger partial charge in [0.05, 0.1) is 11.0 Å². The van der Waals surface area contributed by atoms with Crippen molar-refractivity contribution >= 4 is 40.2 Å². The van der Waals surface area contributed by atoms with Gasteiger partial charge in [-0.15, -0.1) is 0 Å². The SMILES string of the molecule is Cc1ccc(C)c(N2CCN(C(=O)C3CCN(c4nc5ccc(Cl)cc5[nH]4)CC3)CC2)c1. The van der Waals surface area contributed by atoms with Gasteiger partial charge >= 0.3 is 0 Å². The van der Waals surface area contributed by atoms with Crippen LogP contribution in [-0.4, -0.2) is 60.0 Å². The first-order valence-electron chi connectivity index (χ1n) is 11.5. The van der Waals surface area contributed by atoms with Gasteiger partial charge in [-0.1, -0.05) is 23.7 Å². The van der Waals surface area contributed by atoms with Gasteiger partial charge in [-0.05, 0) is 62.1 Å². The number of carbonyl (C=O) groups is 1. The third-order valence-electron chi connectivity index (χ3n) is 6.87. The highest BCUT2D eigenvalue weighted by Gasteiger charge is 2.31. The normalized spacial score (nSPS) is 17.9. The van der Waals surface area contributed by atoms with E-state index in [0.717, 1.165) is 69.1 Å². The summed E-state index contributed by atoms with van der Waals surface area (Å²) >= 11 is 6.09. The Kier molecular flexibility index (Phi) is 5.72. The minimum atomic E-state index is 0.109. The van der Waals surface area contributed by atoms with Gasteiger partial charge in [0.25, 0.3) is 0 Å². The van der Waals surface area contributed by atoms with Crippen molar-refractivity contribution in [3.63, 3.8) is 0 Å². The van der Waals surface area contributed by atoms with E-state index in [1.165, 1.54) is 16.8 Å². The molecule has 2 aliphatic heterocycles. The average molecular weight is 452 g/mol. The zero-order chi connectivity index (χ0) is 22.2. The monoisotopic (exact) mass is 451 g/mol. The van der Waals surface area contributed by atoms with E-state index >= 15 is 0 Å². The number of nitrogens with zero attached hydrogens (tertiary/aromatic N) is 4. The van der Waals surface area contributed by atoms with Gasteiger partial charge in [0.15, 0.2) is 0 Å². The van der Waals surface area contributed by atoms with Crippen LogP contribution in [0.5, 0.6) is 0 Å². The van der Waals surface area contributed by atoms with Crippen molar-refractivity contribution in [1.82, 2.24) is 14.9 Å². The maximum absolute atomic E-state index is 13.2. The van der Waals surface area contributed by atoms with Gasteiger partial charge in [-0.25, -0.2) is 4.98 Å². The summed E-state index contributed by atoms with van der Waals surface area (Å²) < 4.78 is 0. The molecule has 2 aromatic carbocycles. The van der Waals surface area contributed by atoms with Gasteiger partial charge in [0.1, 0.15) is 0 Å². The molecule has 1 aromatic heterocycles. The Hall–Kier alpha value is -2.73. The van der Waals surface area contributed by atoms with Crippen LogP contribution in [0.3, 0.4) is 0 Å². The number of amides is 1. The van der Waals surface area contributed by atoms with Crippen molar-refractivity contribution in [3.05, 3.63) is 52.5 Å². The Balaban J connectivity index is 1.16. The predicted molar refractivity (Wildman–Crippen MR) is 131 cm³/mol. The molecule has 1 amide bonds. The molecule has 168 valence electrons. The van der Waals surface area contributed by atoms with Crippen molar-refractivity contribution in [3.8, 4) is 0 Å². The molecule has 3 heterocycles. The van der Waals surface area contributed by atoms with E-state index in [0.29, 0.717) is 10.9 Å². The zero-order valence-corrected chi connectivity index (χ0v) is 19.5. The minimum Gasteiger partial charge on any atom is -0.368 e. The topological polar surface area (TPSA) is 55.5 Å². The van der Waals surface area contributed by atoms with Crippen LogP contribution in [0.2, 0.25) is 5.02 Å². The largest absolute Gasteiger partial charge is 0.368 e. The van der Waals surface area contributed by atoms with Crippen LogP contribution in [0, 0.1) is 19.8 Å². The van der Waals surface area contributed by atoms with Crippen molar-refractivity contribution in [2.75, 3.05) is 49.1 Å². The van der Waals surface area contributed by atoms with Crippen molar-refractivity contribution < 1.29 is 4.79 Å². The average Bonchev–Trinajstić information content (AvgIpc) is 3.24. The maximum Gasteiger partial charge on any atom is 0.225 e. The Bertz CT molecular complexity index is 1130. The molecule has 32 heavy (non-hydrogen) atoms. The van der Waals surface area contributed by atoms with E-state index in [2.05, 4.69) is 51.7 Å². The highest BCUT2D eigenvalue weighted by atomic mass is 35.5. The number of hydrogen-bond acceptors (Lipinski definition) is 4. The van der Waals surface area contributed by atoms with Gasteiger partial charge in [-0.2, -0.15) is 0 Å². The van der Waals surface area contributed by atoms with Crippen molar-refractivity contribution in [1.29, 1.82) is 0 Å². The number of nitrogens with one attached hydrogen (secondary N) is 1. The molecule has 0 unspecified atom stereocenters. The molecule has 0 radical (unpaired) electrons. The number of piperazine rings is 1. The molecule has 0 bridgehead atoms. The number of benzene rings is 2. The summed E-state index contributed by atoms with van der Waals surface area (Å²) in [6.07, 6.45) is 1.74. The van der Waals surface area contributed by atoms with Crippen LogP contribution in [0.25, 0.3) is 11.0 Å². The Morgan fingerprint density at radius 3 is 2.47 bits per heavy atom. The molecule has 2 fully saturated rings. The van der Waals surface area contributed by atoms with Crippen LogP contribution < -0.4 is 9.80 Å². The van der Waals surface area contributed by atoms with Gasteiger partial charge in [0.2, 0.25) is 11.9 Å². The number of aromatic amines is 1. The summed E-state index contributed by atoms with van der Waals surface area (Å²) in [6.45, 7) is 9.38. The number of halogens is 1. The lowest BCUT2D eigenvalue weighted by Gasteiger charge is -2.39. The maximum atomic E-state index is 13.2. The molecule has 1 N–H and O–H groups in total. The first kappa shape index (κ1) is 21.1.